The van der Waals surface area contributed by atoms with Crippen LogP contribution in [0.3, 0.4) is 0 Å². The van der Waals surface area contributed by atoms with Crippen LogP contribution in [0.25, 0.3) is 0 Å². The fraction of sp³-hybridized carbons (Fsp3) is 0.538. The third-order valence-corrected chi connectivity index (χ3v) is 24.1. The van der Waals surface area contributed by atoms with Crippen LogP contribution in [0.4, 0.5) is 62.3 Å². The molecule has 0 spiro atoms. The highest BCUT2D eigenvalue weighted by Gasteiger charge is 2.34. The van der Waals surface area contributed by atoms with E-state index in [4.69, 9.17) is 18.9 Å². The van der Waals surface area contributed by atoms with Crippen LogP contribution >= 0.6 is 0 Å². The van der Waals surface area contributed by atoms with Crippen molar-refractivity contribution in [3.05, 3.63) is 203 Å². The van der Waals surface area contributed by atoms with Gasteiger partial charge in [-0.25, -0.2) is 13.2 Å². The van der Waals surface area contributed by atoms with E-state index in [1.54, 1.807) is 0 Å². The molecule has 25 nitrogen and oxygen atoms in total. The van der Waals surface area contributed by atoms with E-state index in [1.807, 2.05) is 46.7 Å². The Kier molecular flexibility index (Phi) is 32.9. The molecular weight excluding hydrogens is 1650 g/mol. The second kappa shape index (κ2) is 44.4. The lowest BCUT2D eigenvalue weighted by Crippen LogP contribution is -2.46. The number of nitrogens with zero attached hydrogens (tertiary/aromatic N) is 16. The number of allylic oxidation sites excluding steroid dienone is 3. The summed E-state index contributed by atoms with van der Waals surface area (Å²) in [7, 11) is 0. The van der Waals surface area contributed by atoms with Gasteiger partial charge in [0, 0.05) is 198 Å². The zero-order valence-electron chi connectivity index (χ0n) is 74.1. The lowest BCUT2D eigenvalue weighted by Gasteiger charge is -2.36. The van der Waals surface area contributed by atoms with Crippen molar-refractivity contribution >= 4 is 28.7 Å². The number of anilines is 4. The van der Waals surface area contributed by atoms with Gasteiger partial charge in [0.05, 0.1) is 107 Å². The van der Waals surface area contributed by atoms with Crippen LogP contribution in [-0.2, 0) is 57.2 Å². The Morgan fingerprint density at radius 3 is 1.06 bits per heavy atom. The number of ether oxygens (including phenoxy) is 4. The number of benzene rings is 4. The van der Waals surface area contributed by atoms with E-state index in [0.717, 1.165) is 200 Å². The predicted octanol–water partition coefficient (Wildman–Crippen LogP) is 15.8. The van der Waals surface area contributed by atoms with Gasteiger partial charge in [-0.15, -0.1) is 0 Å². The minimum absolute atomic E-state index is 0.0119. The van der Waals surface area contributed by atoms with Crippen LogP contribution in [0.2, 0.25) is 0 Å². The lowest BCUT2D eigenvalue weighted by atomic mass is 10.1. The summed E-state index contributed by atoms with van der Waals surface area (Å²) < 4.78 is 138. The first-order valence-electron chi connectivity index (χ1n) is 44.8. The SMILES string of the molecule is C=C1CCC(C)N1Cc1cc(CN2CCN(c3ccccc3OC(C)C)CC2)n[nH]1.C=C1CCCCN1Cc1cc(CN2CCN(c3ccc(F)cc3OC(C)C)CC2)n[nH]1.C=C1CCCCN1Cc1cc(CN2CCN(c3ccc(F)cc3OCC(F)(F)F)CC2)n[nH]1.O=C1CCCCN1Cc1cc(CN2CCN(c3ccc(F)cc3OCC(F)(F)F)CC2)n[nH]1. The zero-order valence-corrected chi connectivity index (χ0v) is 74.1. The molecule has 1 amide bonds. The highest BCUT2D eigenvalue weighted by atomic mass is 19.4. The van der Waals surface area contributed by atoms with Crippen molar-refractivity contribution in [3.8, 4) is 23.0 Å². The van der Waals surface area contributed by atoms with E-state index in [0.29, 0.717) is 102 Å². The molecule has 34 heteroatoms. The molecule has 4 aromatic heterocycles. The number of carbonyl (C=O) groups excluding carboxylic acids is 1. The summed E-state index contributed by atoms with van der Waals surface area (Å²) in [6.45, 7) is 41.7. The fourth-order valence-electron chi connectivity index (χ4n) is 17.4. The number of rotatable bonds is 28. The molecule has 4 aromatic carbocycles. The number of carbonyl (C=O) groups is 1. The Labute approximate surface area is 739 Å². The Morgan fingerprint density at radius 1 is 0.378 bits per heavy atom. The van der Waals surface area contributed by atoms with Gasteiger partial charge in [-0.3, -0.25) is 44.8 Å². The van der Waals surface area contributed by atoms with Gasteiger partial charge >= 0.3 is 12.4 Å². The Balaban J connectivity index is 0.000000145. The number of amides is 1. The second-order valence-electron chi connectivity index (χ2n) is 34.8. The van der Waals surface area contributed by atoms with E-state index < -0.39 is 37.2 Å². The van der Waals surface area contributed by atoms with Gasteiger partial charge in [-0.05, 0) is 172 Å². The van der Waals surface area contributed by atoms with Crippen LogP contribution in [0, 0.1) is 17.5 Å². The number of hydrogen-bond acceptors (Lipinski definition) is 20. The molecule has 0 bridgehead atoms. The molecule has 8 saturated heterocycles. The quantitative estimate of drug-likeness (QED) is 0.0336. The smallest absolute Gasteiger partial charge is 0.422 e. The number of likely N-dealkylation sites (tertiary alicyclic amines) is 4. The average Bonchev–Trinajstić information content (AvgIpc) is 1.26. The maximum absolute atomic E-state index is 13.7. The van der Waals surface area contributed by atoms with Crippen molar-refractivity contribution in [1.82, 2.24) is 80.0 Å². The number of aromatic amines is 4. The number of aromatic nitrogens is 8. The molecule has 8 aromatic rings. The van der Waals surface area contributed by atoms with Crippen molar-refractivity contribution in [1.29, 1.82) is 0 Å². The molecule has 12 heterocycles. The zero-order chi connectivity index (χ0) is 89.7. The third-order valence-electron chi connectivity index (χ3n) is 24.1. The van der Waals surface area contributed by atoms with Gasteiger partial charge in [0.2, 0.25) is 5.91 Å². The first-order valence-corrected chi connectivity index (χ1v) is 44.8. The minimum Gasteiger partial charge on any atom is -0.489 e. The molecule has 0 saturated carbocycles. The summed E-state index contributed by atoms with van der Waals surface area (Å²) in [5, 5.41) is 30.5. The van der Waals surface area contributed by atoms with Gasteiger partial charge in [0.15, 0.2) is 13.2 Å². The fourth-order valence-corrected chi connectivity index (χ4v) is 17.4. The summed E-state index contributed by atoms with van der Waals surface area (Å²) in [6, 6.07) is 29.6. The molecular formula is C93H125F9N20O5. The van der Waals surface area contributed by atoms with Crippen LogP contribution in [0.1, 0.15) is 151 Å². The van der Waals surface area contributed by atoms with E-state index in [9.17, 15) is 44.3 Å². The third kappa shape index (κ3) is 28.2. The maximum atomic E-state index is 13.7. The van der Waals surface area contributed by atoms with E-state index in [1.165, 1.54) is 97.0 Å². The number of nitrogens with one attached hydrogen (secondary N) is 4. The van der Waals surface area contributed by atoms with Crippen molar-refractivity contribution < 1.29 is 63.3 Å². The van der Waals surface area contributed by atoms with Gasteiger partial charge in [-0.2, -0.15) is 46.7 Å². The maximum Gasteiger partial charge on any atom is 0.422 e. The topological polar surface area (TPSA) is 208 Å². The molecule has 4 N–H and O–H groups in total. The van der Waals surface area contributed by atoms with Crippen LogP contribution in [0.5, 0.6) is 23.0 Å². The largest absolute Gasteiger partial charge is 0.489 e. The number of H-pyrrole nitrogens is 4. The lowest BCUT2D eigenvalue weighted by molar-refractivity contribution is -0.154. The summed E-state index contributed by atoms with van der Waals surface area (Å²) in [4.78, 5) is 38.8. The standard InChI is InChI=1S/C24H34FN5O.C24H35N5O.C23H29F4N5O.C22H27F4N5O2/c1-18(2)31-24-14-20(25)7-8-23(24)29-12-10-28(11-13-29)16-21-15-22(27-26-21)17-30-9-5-4-6-19(30)3;1-18(2)30-24-8-6-5-7-23(24)28-13-11-27(12-14-28)16-21-15-22(26-25-21)17-29-19(3)9-10-20(29)4;1-17-4-2-3-7-32(17)15-20-13-19(28-29-20)14-30-8-10-31(11-9-30)21-6-5-18(24)12-22(21)33-16-23(25,26)27;23-16-4-5-19(20(11-16)33-15-22(24,25)26)30-9-7-29(8-10-30)13-17-12-18(28-27-17)14-31-6-2-1-3-21(31)32/h7-8,14-15,18H,3-6,9-13,16-17H2,1-2H3,(H,26,27);5-8,15,18,20H,3,9-14,16-17H2,1-2,4H3,(H,25,26);5-6,12-13H,1-4,7-11,14-16H2,(H,28,29);4-5,11-12H,1-3,6-10,13-15H2,(H,27,28). The van der Waals surface area contributed by atoms with Crippen molar-refractivity contribution in [3.63, 3.8) is 0 Å². The second-order valence-corrected chi connectivity index (χ2v) is 34.8. The first kappa shape index (κ1) is 94.0. The molecule has 16 rings (SSSR count). The summed E-state index contributed by atoms with van der Waals surface area (Å²) >= 11 is 0. The van der Waals surface area contributed by atoms with Gasteiger partial charge in [0.25, 0.3) is 0 Å². The summed E-state index contributed by atoms with van der Waals surface area (Å²) in [5.74, 6) is 0.0536. The summed E-state index contributed by atoms with van der Waals surface area (Å²) in [5.41, 5.74) is 15.1. The van der Waals surface area contributed by atoms with Gasteiger partial charge < -0.3 is 58.1 Å². The van der Waals surface area contributed by atoms with Crippen molar-refractivity contribution in [2.24, 2.45) is 0 Å². The molecule has 0 radical (unpaired) electrons. The molecule has 8 aliphatic rings. The van der Waals surface area contributed by atoms with Crippen LogP contribution in [-0.4, -0.2) is 254 Å². The average molecular weight is 1770 g/mol. The normalized spacial score (nSPS) is 18.7. The van der Waals surface area contributed by atoms with Crippen LogP contribution in [0.15, 0.2) is 140 Å². The molecule has 8 fully saturated rings. The number of hydrogen-bond donors (Lipinski definition) is 4. The Hall–Kier alpha value is -10.6. The molecule has 8 aliphatic heterocycles. The number of piperazine rings is 4. The van der Waals surface area contributed by atoms with Crippen molar-refractivity contribution in [2.45, 2.75) is 188 Å². The van der Waals surface area contributed by atoms with Gasteiger partial charge in [0.1, 0.15) is 40.4 Å². The number of halogens is 9. The van der Waals surface area contributed by atoms with Gasteiger partial charge in [-0.1, -0.05) is 31.9 Å². The number of para-hydroxylation sites is 2. The minimum atomic E-state index is -4.49. The molecule has 690 valence electrons. The number of alkyl halides is 6. The predicted molar refractivity (Wildman–Crippen MR) is 474 cm³/mol. The highest BCUT2D eigenvalue weighted by Crippen LogP contribution is 2.38. The van der Waals surface area contributed by atoms with Crippen molar-refractivity contribution in [2.75, 3.05) is 157 Å². The monoisotopic (exact) mass is 1770 g/mol. The Bertz CT molecular complexity index is 4690. The first-order chi connectivity index (χ1) is 61.0. The summed E-state index contributed by atoms with van der Waals surface area (Å²) in [6.07, 6.45) is 3.11. The van der Waals surface area contributed by atoms with E-state index >= 15 is 0 Å². The van der Waals surface area contributed by atoms with E-state index in [2.05, 4.69) is 162 Å². The number of piperidine rings is 3. The molecule has 0 aliphatic carbocycles. The Morgan fingerprint density at radius 2 is 0.709 bits per heavy atom. The van der Waals surface area contributed by atoms with Crippen LogP contribution < -0.4 is 38.5 Å². The molecule has 1 atom stereocenters. The van der Waals surface area contributed by atoms with E-state index in [-0.39, 0.29) is 35.4 Å². The molecule has 1 unspecified atom stereocenters. The highest BCUT2D eigenvalue weighted by molar-refractivity contribution is 5.76. The molecule has 127 heavy (non-hydrogen) atoms.